The van der Waals surface area contributed by atoms with E-state index >= 15 is 0 Å². The van der Waals surface area contributed by atoms with Crippen molar-refractivity contribution in [3.05, 3.63) is 72.1 Å². The summed E-state index contributed by atoms with van der Waals surface area (Å²) in [6.45, 7) is 0.331. The van der Waals surface area contributed by atoms with Crippen molar-refractivity contribution in [2.24, 2.45) is 0 Å². The maximum Gasteiger partial charge on any atom is 0.407 e. The lowest BCUT2D eigenvalue weighted by Crippen LogP contribution is -2.30. The summed E-state index contributed by atoms with van der Waals surface area (Å²) in [5, 5.41) is 23.0. The first-order valence-corrected chi connectivity index (χ1v) is 8.66. The normalized spacial score (nSPS) is 13.1. The van der Waals surface area contributed by atoms with E-state index in [1.807, 2.05) is 48.5 Å². The van der Waals surface area contributed by atoms with Crippen LogP contribution >= 0.6 is 0 Å². The number of ether oxygens (including phenoxy) is 1. The topological polar surface area (TPSA) is 105 Å². The Morgan fingerprint density at radius 2 is 1.74 bits per heavy atom. The molecule has 3 aromatic rings. The van der Waals surface area contributed by atoms with Gasteiger partial charge in [-0.1, -0.05) is 42.5 Å². The molecule has 2 aromatic carbocycles. The van der Waals surface area contributed by atoms with E-state index in [1.54, 1.807) is 6.07 Å². The van der Waals surface area contributed by atoms with Gasteiger partial charge in [0.25, 0.3) is 0 Å². The molecule has 1 amide bonds. The van der Waals surface area contributed by atoms with Crippen molar-refractivity contribution in [3.63, 3.8) is 0 Å². The van der Waals surface area contributed by atoms with Crippen LogP contribution in [0.1, 0.15) is 23.8 Å². The van der Waals surface area contributed by atoms with Crippen LogP contribution in [0, 0.1) is 0 Å². The second-order valence-electron chi connectivity index (χ2n) is 6.07. The summed E-state index contributed by atoms with van der Waals surface area (Å²) in [7, 11) is 0. The Morgan fingerprint density at radius 3 is 2.52 bits per heavy atom. The molecule has 140 valence electrons. The lowest BCUT2D eigenvalue weighted by atomic mass is 10.1. The summed E-state index contributed by atoms with van der Waals surface area (Å²) in [6, 6.07) is 16.6. The van der Waals surface area contributed by atoms with E-state index in [0.29, 0.717) is 11.0 Å². The van der Waals surface area contributed by atoms with E-state index in [9.17, 15) is 15.0 Å². The minimum atomic E-state index is -1.19. The first-order valence-electron chi connectivity index (χ1n) is 8.66. The number of para-hydroxylation sites is 2. The number of nitrogens with one attached hydrogen (secondary N) is 1. The molecule has 0 bridgehead atoms. The second kappa shape index (κ2) is 9.07. The highest BCUT2D eigenvalue weighted by molar-refractivity contribution is 5.73. The Morgan fingerprint density at radius 1 is 1.04 bits per heavy atom. The number of nitrogens with zero attached hydrogens (tertiary/aromatic N) is 2. The van der Waals surface area contributed by atoms with E-state index in [-0.39, 0.29) is 25.3 Å². The summed E-state index contributed by atoms with van der Waals surface area (Å²) in [5.74, 6) is 0. The molecule has 27 heavy (non-hydrogen) atoms. The molecule has 0 aliphatic heterocycles. The van der Waals surface area contributed by atoms with Crippen LogP contribution in [0.4, 0.5) is 4.79 Å². The van der Waals surface area contributed by atoms with Crippen LogP contribution in [0.2, 0.25) is 0 Å². The van der Waals surface area contributed by atoms with Gasteiger partial charge in [-0.2, -0.15) is 0 Å². The molecule has 1 heterocycles. The fourth-order valence-corrected chi connectivity index (χ4v) is 2.57. The highest BCUT2D eigenvalue weighted by atomic mass is 16.5. The van der Waals surface area contributed by atoms with Gasteiger partial charge >= 0.3 is 6.09 Å². The summed E-state index contributed by atoms with van der Waals surface area (Å²) in [6.07, 6.45) is -1.27. The molecule has 0 saturated heterocycles. The third-order valence-corrected chi connectivity index (χ3v) is 4.06. The third-order valence-electron chi connectivity index (χ3n) is 4.06. The fourth-order valence-electron chi connectivity index (χ4n) is 2.57. The number of carbonyl (C=O) groups is 1. The Bertz CT molecular complexity index is 889. The van der Waals surface area contributed by atoms with Crippen LogP contribution in [0.3, 0.4) is 0 Å². The van der Waals surface area contributed by atoms with Crippen molar-refractivity contribution in [1.29, 1.82) is 0 Å². The van der Waals surface area contributed by atoms with Crippen molar-refractivity contribution in [2.45, 2.75) is 25.2 Å². The van der Waals surface area contributed by atoms with Crippen LogP contribution in [-0.2, 0) is 11.3 Å². The van der Waals surface area contributed by atoms with Gasteiger partial charge in [-0.15, -0.1) is 0 Å². The van der Waals surface area contributed by atoms with Gasteiger partial charge in [0.2, 0.25) is 0 Å². The second-order valence-corrected chi connectivity index (χ2v) is 6.07. The standard InChI is InChI=1S/C20H21N3O4/c24-18(10-11-21-20(26)27-13-14-6-2-1-3-7-14)19(25)17-12-22-15-8-4-5-9-16(15)23-17/h1-9,12,18-19,24-25H,10-11,13H2,(H,21,26). The minimum absolute atomic E-state index is 0.149. The van der Waals surface area contributed by atoms with Crippen LogP contribution in [0.5, 0.6) is 0 Å². The first-order chi connectivity index (χ1) is 13.1. The predicted octanol–water partition coefficient (Wildman–Crippen LogP) is 2.34. The fraction of sp³-hybridized carbons (Fsp3) is 0.250. The number of aromatic nitrogens is 2. The molecule has 0 spiro atoms. The number of fused-ring (bicyclic) bond motifs is 1. The van der Waals surface area contributed by atoms with Gasteiger partial charge in [0.1, 0.15) is 12.7 Å². The molecule has 0 fully saturated rings. The molecular formula is C20H21N3O4. The molecule has 0 aliphatic rings. The molecule has 1 aromatic heterocycles. The molecule has 3 rings (SSSR count). The average Bonchev–Trinajstić information content (AvgIpc) is 2.72. The lowest BCUT2D eigenvalue weighted by molar-refractivity contribution is 0.0111. The number of amides is 1. The highest BCUT2D eigenvalue weighted by Crippen LogP contribution is 2.18. The zero-order valence-corrected chi connectivity index (χ0v) is 14.7. The summed E-state index contributed by atoms with van der Waals surface area (Å²) in [4.78, 5) is 20.2. The number of carbonyl (C=O) groups excluding carboxylic acids is 1. The summed E-state index contributed by atoms with van der Waals surface area (Å²) in [5.41, 5.74) is 2.53. The van der Waals surface area contributed by atoms with E-state index in [1.165, 1.54) is 6.20 Å². The quantitative estimate of drug-likeness (QED) is 0.592. The van der Waals surface area contributed by atoms with Crippen molar-refractivity contribution < 1.29 is 19.7 Å². The van der Waals surface area contributed by atoms with Crippen LogP contribution in [0.15, 0.2) is 60.8 Å². The molecule has 0 aliphatic carbocycles. The maximum absolute atomic E-state index is 11.7. The van der Waals surface area contributed by atoms with Gasteiger partial charge in [-0.25, -0.2) is 9.78 Å². The van der Waals surface area contributed by atoms with Gasteiger partial charge in [0.05, 0.1) is 29.0 Å². The number of benzene rings is 2. The van der Waals surface area contributed by atoms with E-state index in [4.69, 9.17) is 4.74 Å². The molecule has 2 atom stereocenters. The summed E-state index contributed by atoms with van der Waals surface area (Å²) < 4.78 is 5.09. The van der Waals surface area contributed by atoms with Crippen LogP contribution in [-0.4, -0.2) is 38.9 Å². The number of aliphatic hydroxyl groups excluding tert-OH is 2. The maximum atomic E-state index is 11.7. The highest BCUT2D eigenvalue weighted by Gasteiger charge is 2.20. The lowest BCUT2D eigenvalue weighted by Gasteiger charge is -2.17. The Hall–Kier alpha value is -3.03. The number of rotatable bonds is 7. The number of hydrogen-bond acceptors (Lipinski definition) is 6. The SMILES string of the molecule is O=C(NCCC(O)C(O)c1cnc2ccccc2n1)OCc1ccccc1. The molecule has 0 radical (unpaired) electrons. The molecule has 3 N–H and O–H groups in total. The molecule has 7 heteroatoms. The van der Waals surface area contributed by atoms with E-state index < -0.39 is 18.3 Å². The van der Waals surface area contributed by atoms with Crippen molar-refractivity contribution >= 4 is 17.1 Å². The number of hydrogen-bond donors (Lipinski definition) is 3. The van der Waals surface area contributed by atoms with Gasteiger partial charge in [-0.05, 0) is 24.1 Å². The van der Waals surface area contributed by atoms with Gasteiger partial charge < -0.3 is 20.3 Å². The summed E-state index contributed by atoms with van der Waals surface area (Å²) >= 11 is 0. The molecule has 7 nitrogen and oxygen atoms in total. The average molecular weight is 367 g/mol. The van der Waals surface area contributed by atoms with Crippen molar-refractivity contribution in [3.8, 4) is 0 Å². The predicted molar refractivity (Wildman–Crippen MR) is 99.8 cm³/mol. The molecule has 2 unspecified atom stereocenters. The van der Waals surface area contributed by atoms with Crippen molar-refractivity contribution in [2.75, 3.05) is 6.54 Å². The first kappa shape index (κ1) is 18.8. The van der Waals surface area contributed by atoms with Crippen LogP contribution in [0.25, 0.3) is 11.0 Å². The Labute approximate surface area is 156 Å². The third kappa shape index (κ3) is 5.22. The molecule has 0 saturated carbocycles. The van der Waals surface area contributed by atoms with E-state index in [2.05, 4.69) is 15.3 Å². The smallest absolute Gasteiger partial charge is 0.407 e. The van der Waals surface area contributed by atoms with Gasteiger partial charge in [0.15, 0.2) is 0 Å². The zero-order chi connectivity index (χ0) is 19.1. The van der Waals surface area contributed by atoms with E-state index in [0.717, 1.165) is 5.56 Å². The Kier molecular flexibility index (Phi) is 6.30. The van der Waals surface area contributed by atoms with Crippen LogP contribution < -0.4 is 5.32 Å². The number of aliphatic hydroxyl groups is 2. The molecular weight excluding hydrogens is 346 g/mol. The van der Waals surface area contributed by atoms with Gasteiger partial charge in [0, 0.05) is 6.54 Å². The van der Waals surface area contributed by atoms with Crippen molar-refractivity contribution in [1.82, 2.24) is 15.3 Å². The largest absolute Gasteiger partial charge is 0.445 e. The minimum Gasteiger partial charge on any atom is -0.445 e. The number of alkyl carbamates (subject to hydrolysis) is 1. The Balaban J connectivity index is 1.45. The monoisotopic (exact) mass is 367 g/mol. The zero-order valence-electron chi connectivity index (χ0n) is 14.7. The van der Waals surface area contributed by atoms with Gasteiger partial charge in [-0.3, -0.25) is 4.98 Å².